The Morgan fingerprint density at radius 3 is 2.62 bits per heavy atom. The third kappa shape index (κ3) is 2.98. The monoisotopic (exact) mass is 285 g/mol. The number of carboxylic acid groups (broad SMARTS) is 1. The van der Waals surface area contributed by atoms with Gasteiger partial charge < -0.3 is 10.0 Å². The van der Waals surface area contributed by atoms with Crippen LogP contribution >= 0.6 is 15.9 Å². The lowest BCUT2D eigenvalue weighted by molar-refractivity contribution is -0.138. The summed E-state index contributed by atoms with van der Waals surface area (Å²) in [6, 6.07) is 7.25. The van der Waals surface area contributed by atoms with Crippen LogP contribution in [0.2, 0.25) is 0 Å². The second-order valence-electron chi connectivity index (χ2n) is 3.53. The lowest BCUT2D eigenvalue weighted by atomic mass is 10.1. The van der Waals surface area contributed by atoms with Crippen LogP contribution in [0.5, 0.6) is 0 Å². The summed E-state index contributed by atoms with van der Waals surface area (Å²) in [5, 5.41) is 9.15. The van der Waals surface area contributed by atoms with Crippen LogP contribution in [0.15, 0.2) is 28.7 Å². The molecule has 88 valence electrons. The standard InChI is InChI=1S/C12H16BrNO2/c1-3-11(12(15)16)14(4-2)10-7-5-6-9(13)8-10/h5-8,11H,3-4H2,1-2H3,(H,15,16)/t11-/m0/s1. The van der Waals surface area contributed by atoms with Crippen molar-refractivity contribution in [1.82, 2.24) is 0 Å². The van der Waals surface area contributed by atoms with E-state index in [9.17, 15) is 4.79 Å². The number of likely N-dealkylation sites (N-methyl/N-ethyl adjacent to an activating group) is 1. The fraction of sp³-hybridized carbons (Fsp3) is 0.417. The van der Waals surface area contributed by atoms with Crippen molar-refractivity contribution in [3.63, 3.8) is 0 Å². The molecule has 1 atom stereocenters. The van der Waals surface area contributed by atoms with Gasteiger partial charge in [0.2, 0.25) is 0 Å². The number of carboxylic acids is 1. The third-order valence-electron chi connectivity index (χ3n) is 2.53. The molecule has 0 aliphatic carbocycles. The van der Waals surface area contributed by atoms with Crippen molar-refractivity contribution in [3.05, 3.63) is 28.7 Å². The molecule has 16 heavy (non-hydrogen) atoms. The molecule has 0 aromatic heterocycles. The predicted molar refractivity (Wildman–Crippen MR) is 68.9 cm³/mol. The number of benzene rings is 1. The minimum atomic E-state index is -0.774. The molecule has 4 heteroatoms. The summed E-state index contributed by atoms with van der Waals surface area (Å²) in [7, 11) is 0. The van der Waals surface area contributed by atoms with Crippen LogP contribution in [0, 0.1) is 0 Å². The molecule has 0 amide bonds. The Bertz CT molecular complexity index is 368. The van der Waals surface area contributed by atoms with Crippen molar-refractivity contribution in [2.75, 3.05) is 11.4 Å². The first kappa shape index (κ1) is 13.0. The van der Waals surface area contributed by atoms with E-state index in [0.717, 1.165) is 10.2 Å². The number of anilines is 1. The Morgan fingerprint density at radius 1 is 1.50 bits per heavy atom. The van der Waals surface area contributed by atoms with Gasteiger partial charge in [0.1, 0.15) is 6.04 Å². The number of hydrogen-bond acceptors (Lipinski definition) is 2. The Balaban J connectivity index is 3.01. The first-order valence-corrected chi connectivity index (χ1v) is 6.14. The summed E-state index contributed by atoms with van der Waals surface area (Å²) < 4.78 is 0.962. The van der Waals surface area contributed by atoms with Crippen LogP contribution in [0.1, 0.15) is 20.3 Å². The number of carbonyl (C=O) groups is 1. The SMILES string of the molecule is CC[C@@H](C(=O)O)N(CC)c1cccc(Br)c1. The lowest BCUT2D eigenvalue weighted by Crippen LogP contribution is -2.40. The fourth-order valence-corrected chi connectivity index (χ4v) is 2.15. The summed E-state index contributed by atoms with van der Waals surface area (Å²) in [6.07, 6.45) is 0.593. The molecule has 1 aromatic carbocycles. The largest absolute Gasteiger partial charge is 0.480 e. The first-order valence-electron chi connectivity index (χ1n) is 5.35. The third-order valence-corrected chi connectivity index (χ3v) is 3.02. The quantitative estimate of drug-likeness (QED) is 0.904. The zero-order valence-corrected chi connectivity index (χ0v) is 11.1. The lowest BCUT2D eigenvalue weighted by Gasteiger charge is -2.29. The molecule has 0 aliphatic rings. The highest BCUT2D eigenvalue weighted by atomic mass is 79.9. The van der Waals surface area contributed by atoms with Gasteiger partial charge in [-0.2, -0.15) is 0 Å². The molecular formula is C12H16BrNO2. The van der Waals surface area contributed by atoms with E-state index < -0.39 is 12.0 Å². The van der Waals surface area contributed by atoms with Gasteiger partial charge in [-0.1, -0.05) is 28.9 Å². The topological polar surface area (TPSA) is 40.5 Å². The molecule has 3 nitrogen and oxygen atoms in total. The van der Waals surface area contributed by atoms with E-state index in [1.54, 1.807) is 0 Å². The highest BCUT2D eigenvalue weighted by Crippen LogP contribution is 2.22. The zero-order valence-electron chi connectivity index (χ0n) is 9.48. The number of halogens is 1. The van der Waals surface area contributed by atoms with Gasteiger partial charge in [0.15, 0.2) is 0 Å². The Morgan fingerprint density at radius 2 is 2.19 bits per heavy atom. The van der Waals surface area contributed by atoms with Gasteiger partial charge in [0, 0.05) is 16.7 Å². The van der Waals surface area contributed by atoms with E-state index in [-0.39, 0.29) is 0 Å². The number of hydrogen-bond donors (Lipinski definition) is 1. The molecule has 1 N–H and O–H groups in total. The van der Waals surface area contributed by atoms with Crippen molar-refractivity contribution < 1.29 is 9.90 Å². The molecule has 0 saturated carbocycles. The maximum absolute atomic E-state index is 11.1. The molecular weight excluding hydrogens is 270 g/mol. The van der Waals surface area contributed by atoms with E-state index in [4.69, 9.17) is 5.11 Å². The van der Waals surface area contributed by atoms with Crippen LogP contribution in [0.4, 0.5) is 5.69 Å². The normalized spacial score (nSPS) is 12.2. The molecule has 1 rings (SSSR count). The van der Waals surface area contributed by atoms with Crippen LogP contribution in [0.25, 0.3) is 0 Å². The minimum Gasteiger partial charge on any atom is -0.480 e. The molecule has 0 heterocycles. The van der Waals surface area contributed by atoms with Gasteiger partial charge in [-0.05, 0) is 31.5 Å². The molecule has 0 bridgehead atoms. The summed E-state index contributed by atoms with van der Waals surface area (Å²) in [4.78, 5) is 13.0. The Labute approximate surface area is 104 Å². The van der Waals surface area contributed by atoms with Crippen LogP contribution in [0.3, 0.4) is 0 Å². The van der Waals surface area contributed by atoms with Gasteiger partial charge >= 0.3 is 5.97 Å². The summed E-state index contributed by atoms with van der Waals surface area (Å²) in [5.41, 5.74) is 0.936. The second kappa shape index (κ2) is 5.89. The average Bonchev–Trinajstić information content (AvgIpc) is 2.25. The van der Waals surface area contributed by atoms with Crippen LogP contribution in [-0.4, -0.2) is 23.7 Å². The highest BCUT2D eigenvalue weighted by molar-refractivity contribution is 9.10. The fourth-order valence-electron chi connectivity index (χ4n) is 1.77. The highest BCUT2D eigenvalue weighted by Gasteiger charge is 2.22. The van der Waals surface area contributed by atoms with Gasteiger partial charge in [-0.3, -0.25) is 0 Å². The smallest absolute Gasteiger partial charge is 0.326 e. The maximum Gasteiger partial charge on any atom is 0.326 e. The molecule has 0 aliphatic heterocycles. The van der Waals surface area contributed by atoms with Gasteiger partial charge in [-0.15, -0.1) is 0 Å². The van der Waals surface area contributed by atoms with Crippen molar-refractivity contribution in [1.29, 1.82) is 0 Å². The molecule has 0 radical (unpaired) electrons. The number of aliphatic carboxylic acids is 1. The molecule has 1 aromatic rings. The summed E-state index contributed by atoms with van der Waals surface area (Å²) in [6.45, 7) is 4.53. The van der Waals surface area contributed by atoms with Gasteiger partial charge in [0.05, 0.1) is 0 Å². The van der Waals surface area contributed by atoms with Crippen molar-refractivity contribution in [3.8, 4) is 0 Å². The van der Waals surface area contributed by atoms with E-state index in [1.165, 1.54) is 0 Å². The van der Waals surface area contributed by atoms with Gasteiger partial charge in [0.25, 0.3) is 0 Å². The van der Waals surface area contributed by atoms with Crippen LogP contribution < -0.4 is 4.90 Å². The summed E-state index contributed by atoms with van der Waals surface area (Å²) in [5.74, 6) is -0.774. The minimum absolute atomic E-state index is 0.459. The van der Waals surface area contributed by atoms with E-state index in [2.05, 4.69) is 15.9 Å². The zero-order chi connectivity index (χ0) is 12.1. The molecule has 0 unspecified atom stereocenters. The van der Waals surface area contributed by atoms with Crippen molar-refractivity contribution in [2.45, 2.75) is 26.3 Å². The maximum atomic E-state index is 11.1. The number of rotatable bonds is 5. The van der Waals surface area contributed by atoms with Crippen LogP contribution in [-0.2, 0) is 4.79 Å². The average molecular weight is 286 g/mol. The van der Waals surface area contributed by atoms with E-state index >= 15 is 0 Å². The second-order valence-corrected chi connectivity index (χ2v) is 4.44. The predicted octanol–water partition coefficient (Wildman–Crippen LogP) is 3.14. The van der Waals surface area contributed by atoms with Gasteiger partial charge in [-0.25, -0.2) is 4.79 Å². The van der Waals surface area contributed by atoms with E-state index in [0.29, 0.717) is 13.0 Å². The molecule has 0 saturated heterocycles. The van der Waals surface area contributed by atoms with Crippen molar-refractivity contribution in [2.24, 2.45) is 0 Å². The molecule has 0 fully saturated rings. The molecule has 0 spiro atoms. The van der Waals surface area contributed by atoms with E-state index in [1.807, 2.05) is 43.0 Å². The van der Waals surface area contributed by atoms with Crippen molar-refractivity contribution >= 4 is 27.6 Å². The number of nitrogens with zero attached hydrogens (tertiary/aromatic N) is 1. The summed E-state index contributed by atoms with van der Waals surface area (Å²) >= 11 is 3.39. The Hall–Kier alpha value is -1.03. The first-order chi connectivity index (χ1) is 7.60. The Kier molecular flexibility index (Phi) is 4.80.